The lowest BCUT2D eigenvalue weighted by atomic mass is 10.1. The van der Waals surface area contributed by atoms with E-state index in [1.165, 1.54) is 12.1 Å². The van der Waals surface area contributed by atoms with Crippen LogP contribution in [0.1, 0.15) is 39.7 Å². The fourth-order valence-electron chi connectivity index (χ4n) is 3.72. The molecule has 2 aliphatic heterocycles. The summed E-state index contributed by atoms with van der Waals surface area (Å²) in [5.74, 6) is 0.0442. The predicted molar refractivity (Wildman–Crippen MR) is 113 cm³/mol. The second kappa shape index (κ2) is 7.37. The highest BCUT2D eigenvalue weighted by Crippen LogP contribution is 2.28. The average molecular weight is 421 g/mol. The van der Waals surface area contributed by atoms with Crippen LogP contribution in [0, 0.1) is 5.82 Å². The van der Waals surface area contributed by atoms with Crippen LogP contribution in [0.25, 0.3) is 10.9 Å². The Morgan fingerprint density at radius 3 is 2.86 bits per heavy atom. The molecule has 3 heterocycles. The van der Waals surface area contributed by atoms with Crippen LogP contribution in [0.15, 0.2) is 21.3 Å². The molecule has 0 N–H and O–H groups in total. The van der Waals surface area contributed by atoms with Crippen LogP contribution in [-0.2, 0) is 22.6 Å². The lowest BCUT2D eigenvalue weighted by Crippen LogP contribution is -2.52. The van der Waals surface area contributed by atoms with E-state index in [4.69, 9.17) is 9.72 Å². The molecule has 1 aromatic carbocycles. The Balaban J connectivity index is 1.92. The van der Waals surface area contributed by atoms with Crippen LogP contribution in [-0.4, -0.2) is 50.4 Å². The standard InChI is InChI=1S/C20H25FN4O3S/c1-12(23-29(27)20(2,3)4)15-9-13(21)10-16-17(15)22-19-24-7-8-28-11-14(24)5-6-25(19)18(16)26/h9-10,14H,5-8,11H2,1-4H3/t14-,29?/m0/s1. The van der Waals surface area contributed by atoms with E-state index in [0.29, 0.717) is 49.0 Å². The SMILES string of the molecule is CC(=N[S+]([O-])C(C)(C)C)c1cc(F)cc2c(=O)n3c(nc12)N1CCOC[C@@H]1CC3. The zero-order chi connectivity index (χ0) is 20.9. The van der Waals surface area contributed by atoms with Gasteiger partial charge in [0, 0.05) is 18.7 Å². The summed E-state index contributed by atoms with van der Waals surface area (Å²) in [4.78, 5) is 20.0. The zero-order valence-corrected chi connectivity index (χ0v) is 17.9. The van der Waals surface area contributed by atoms with Crippen molar-refractivity contribution in [2.24, 2.45) is 4.40 Å². The summed E-state index contributed by atoms with van der Waals surface area (Å²) in [6.45, 7) is 9.50. The molecule has 9 heteroatoms. The summed E-state index contributed by atoms with van der Waals surface area (Å²) in [6, 6.07) is 2.71. The maximum absolute atomic E-state index is 14.4. The number of aromatic nitrogens is 2. The van der Waals surface area contributed by atoms with Crippen molar-refractivity contribution in [1.82, 2.24) is 9.55 Å². The van der Waals surface area contributed by atoms with Gasteiger partial charge in [-0.1, -0.05) is 4.40 Å². The van der Waals surface area contributed by atoms with Crippen molar-refractivity contribution in [1.29, 1.82) is 0 Å². The highest BCUT2D eigenvalue weighted by Gasteiger charge is 2.32. The fraction of sp³-hybridized carbons (Fsp3) is 0.550. The third-order valence-electron chi connectivity index (χ3n) is 5.31. The van der Waals surface area contributed by atoms with Crippen LogP contribution in [0.4, 0.5) is 10.3 Å². The summed E-state index contributed by atoms with van der Waals surface area (Å²) < 4.78 is 37.8. The van der Waals surface area contributed by atoms with Gasteiger partial charge in [-0.15, -0.1) is 0 Å². The predicted octanol–water partition coefficient (Wildman–Crippen LogP) is 2.42. The van der Waals surface area contributed by atoms with Gasteiger partial charge >= 0.3 is 0 Å². The van der Waals surface area contributed by atoms with E-state index in [1.54, 1.807) is 11.5 Å². The molecule has 2 atom stereocenters. The molecule has 1 unspecified atom stereocenters. The number of benzene rings is 1. The molecule has 0 saturated carbocycles. The van der Waals surface area contributed by atoms with Crippen molar-refractivity contribution < 1.29 is 13.7 Å². The van der Waals surface area contributed by atoms with E-state index < -0.39 is 21.9 Å². The van der Waals surface area contributed by atoms with Crippen molar-refractivity contribution in [2.75, 3.05) is 24.7 Å². The lowest BCUT2D eigenvalue weighted by Gasteiger charge is -2.41. The van der Waals surface area contributed by atoms with Gasteiger partial charge in [0.15, 0.2) is 0 Å². The maximum atomic E-state index is 14.4. The normalized spacial score (nSPS) is 21.1. The molecule has 0 radical (unpaired) electrons. The van der Waals surface area contributed by atoms with Gasteiger partial charge in [0.05, 0.1) is 35.9 Å². The molecule has 2 aliphatic rings. The number of hydrogen-bond donors (Lipinski definition) is 0. The van der Waals surface area contributed by atoms with Gasteiger partial charge in [-0.3, -0.25) is 9.36 Å². The van der Waals surface area contributed by atoms with Crippen LogP contribution in [0.3, 0.4) is 0 Å². The van der Waals surface area contributed by atoms with Crippen molar-refractivity contribution in [3.8, 4) is 0 Å². The molecule has 0 spiro atoms. The first-order chi connectivity index (χ1) is 13.7. The first kappa shape index (κ1) is 20.3. The first-order valence-corrected chi connectivity index (χ1v) is 10.8. The first-order valence-electron chi connectivity index (χ1n) is 9.73. The number of anilines is 1. The summed E-state index contributed by atoms with van der Waals surface area (Å²) in [7, 11) is 0. The molecule has 1 saturated heterocycles. The Morgan fingerprint density at radius 2 is 2.14 bits per heavy atom. The molecular weight excluding hydrogens is 395 g/mol. The maximum Gasteiger partial charge on any atom is 0.262 e. The van der Waals surface area contributed by atoms with Crippen LogP contribution < -0.4 is 10.5 Å². The van der Waals surface area contributed by atoms with Gasteiger partial charge in [-0.25, -0.2) is 9.37 Å². The van der Waals surface area contributed by atoms with Gasteiger partial charge in [0.1, 0.15) is 21.9 Å². The van der Waals surface area contributed by atoms with Gasteiger partial charge in [-0.2, -0.15) is 0 Å². The topological polar surface area (TPSA) is 82.8 Å². The van der Waals surface area contributed by atoms with Crippen molar-refractivity contribution in [3.63, 3.8) is 0 Å². The van der Waals surface area contributed by atoms with E-state index in [-0.39, 0.29) is 17.0 Å². The van der Waals surface area contributed by atoms with Crippen LogP contribution in [0.5, 0.6) is 0 Å². The van der Waals surface area contributed by atoms with Gasteiger partial charge in [-0.05, 0) is 46.2 Å². The Labute approximate surface area is 171 Å². The smallest absolute Gasteiger partial charge is 0.262 e. The molecular formula is C20H25FN4O3S. The van der Waals surface area contributed by atoms with E-state index in [1.807, 2.05) is 20.8 Å². The van der Waals surface area contributed by atoms with Gasteiger partial charge in [0.25, 0.3) is 5.56 Å². The Bertz CT molecular complexity index is 1050. The Kier molecular flexibility index (Phi) is 5.16. The monoisotopic (exact) mass is 420 g/mol. The minimum absolute atomic E-state index is 0.181. The molecule has 4 rings (SSSR count). The quantitative estimate of drug-likeness (QED) is 0.550. The molecule has 2 aromatic rings. The Morgan fingerprint density at radius 1 is 1.38 bits per heavy atom. The molecule has 0 aliphatic carbocycles. The van der Waals surface area contributed by atoms with Crippen molar-refractivity contribution in [2.45, 2.75) is 51.4 Å². The largest absolute Gasteiger partial charge is 0.591 e. The lowest BCUT2D eigenvalue weighted by molar-refractivity contribution is 0.0844. The van der Waals surface area contributed by atoms with E-state index in [0.717, 1.165) is 6.42 Å². The summed E-state index contributed by atoms with van der Waals surface area (Å²) in [6.07, 6.45) is 0.785. The minimum Gasteiger partial charge on any atom is -0.591 e. The summed E-state index contributed by atoms with van der Waals surface area (Å²) in [5.41, 5.74) is 0.921. The zero-order valence-electron chi connectivity index (χ0n) is 17.1. The van der Waals surface area contributed by atoms with Gasteiger partial charge in [0.2, 0.25) is 5.95 Å². The molecule has 29 heavy (non-hydrogen) atoms. The highest BCUT2D eigenvalue weighted by molar-refractivity contribution is 7.91. The average Bonchev–Trinajstić information content (AvgIpc) is 2.67. The third kappa shape index (κ3) is 3.67. The Hall–Kier alpha value is -1.97. The number of rotatable bonds is 2. The molecule has 0 bridgehead atoms. The van der Waals surface area contributed by atoms with E-state index in [2.05, 4.69) is 9.30 Å². The van der Waals surface area contributed by atoms with Crippen molar-refractivity contribution >= 4 is 33.9 Å². The minimum atomic E-state index is -1.50. The second-order valence-electron chi connectivity index (χ2n) is 8.47. The second-order valence-corrected chi connectivity index (χ2v) is 10.4. The van der Waals surface area contributed by atoms with E-state index >= 15 is 0 Å². The van der Waals surface area contributed by atoms with Crippen LogP contribution >= 0.6 is 0 Å². The number of nitrogens with zero attached hydrogens (tertiary/aromatic N) is 4. The van der Waals surface area contributed by atoms with Crippen molar-refractivity contribution in [3.05, 3.63) is 33.9 Å². The van der Waals surface area contributed by atoms with Crippen LogP contribution in [0.2, 0.25) is 0 Å². The molecule has 156 valence electrons. The summed E-state index contributed by atoms with van der Waals surface area (Å²) in [5, 5.41) is 0.214. The molecule has 1 aromatic heterocycles. The summed E-state index contributed by atoms with van der Waals surface area (Å²) >= 11 is -1.50. The fourth-order valence-corrected chi connectivity index (χ4v) is 4.34. The number of fused-ring (bicyclic) bond motifs is 4. The number of halogens is 1. The van der Waals surface area contributed by atoms with Gasteiger partial charge < -0.3 is 14.2 Å². The molecule has 0 amide bonds. The number of hydrogen-bond acceptors (Lipinski definition) is 6. The van der Waals surface area contributed by atoms with E-state index in [9.17, 15) is 13.7 Å². The number of morpholine rings is 1. The molecule has 7 nitrogen and oxygen atoms in total. The highest BCUT2D eigenvalue weighted by atomic mass is 32.2. The number of ether oxygens (including phenoxy) is 1. The third-order valence-corrected chi connectivity index (χ3v) is 6.79. The molecule has 1 fully saturated rings.